The van der Waals surface area contributed by atoms with E-state index < -0.39 is 0 Å². The number of ether oxygens (including phenoxy) is 5. The lowest BCUT2D eigenvalue weighted by molar-refractivity contribution is -0.0442. The van der Waals surface area contributed by atoms with Crippen LogP contribution in [0.3, 0.4) is 0 Å². The van der Waals surface area contributed by atoms with Crippen LogP contribution in [-0.2, 0) is 23.7 Å². The molecule has 0 unspecified atom stereocenters. The van der Waals surface area contributed by atoms with Crippen LogP contribution in [0.2, 0.25) is 0 Å². The Morgan fingerprint density at radius 1 is 0.593 bits per heavy atom. The van der Waals surface area contributed by atoms with Gasteiger partial charge in [-0.25, -0.2) is 0 Å². The van der Waals surface area contributed by atoms with Gasteiger partial charge in [-0.1, -0.05) is 41.5 Å². The highest BCUT2D eigenvalue weighted by Gasteiger charge is 2.24. The van der Waals surface area contributed by atoms with Gasteiger partial charge in [0.05, 0.1) is 25.4 Å². The summed E-state index contributed by atoms with van der Waals surface area (Å²) in [6, 6.07) is 0. The van der Waals surface area contributed by atoms with Gasteiger partial charge in [0.25, 0.3) is 0 Å². The first kappa shape index (κ1) is 25.5. The Morgan fingerprint density at radius 3 is 1.15 bits per heavy atom. The highest BCUT2D eigenvalue weighted by atomic mass is 16.8. The largest absolute Gasteiger partial charge is 0.488 e. The Kier molecular flexibility index (Phi) is 12.9. The first-order valence-corrected chi connectivity index (χ1v) is 10.4. The molecule has 5 nitrogen and oxygen atoms in total. The Morgan fingerprint density at radius 2 is 0.926 bits per heavy atom. The normalized spacial score (nSPS) is 13.7. The van der Waals surface area contributed by atoms with E-state index in [0.717, 1.165) is 12.8 Å². The topological polar surface area (TPSA) is 46.2 Å². The molecule has 0 fully saturated rings. The minimum absolute atomic E-state index is 0.0201. The van der Waals surface area contributed by atoms with Crippen molar-refractivity contribution in [3.63, 3.8) is 0 Å². The third-order valence-corrected chi connectivity index (χ3v) is 3.24. The standard InChI is InChI=1S/C22H42O5/c1-11-13-23-21(19(15(3)4)25-17(7)8)27-22(24-14-12-2)20(16(5)6)26-18(9)10/h15-18H,11-14H2,1-10H3. The van der Waals surface area contributed by atoms with Crippen molar-refractivity contribution < 1.29 is 23.7 Å². The summed E-state index contributed by atoms with van der Waals surface area (Å²) in [7, 11) is 0. The predicted octanol–water partition coefficient (Wildman–Crippen LogP) is 6.36. The molecule has 0 aliphatic rings. The van der Waals surface area contributed by atoms with E-state index in [1.165, 1.54) is 0 Å². The van der Waals surface area contributed by atoms with Gasteiger partial charge < -0.3 is 23.7 Å². The van der Waals surface area contributed by atoms with Crippen molar-refractivity contribution in [1.29, 1.82) is 0 Å². The first-order valence-electron chi connectivity index (χ1n) is 10.4. The van der Waals surface area contributed by atoms with E-state index >= 15 is 0 Å². The molecular formula is C22H42O5. The van der Waals surface area contributed by atoms with Gasteiger partial charge in [0.1, 0.15) is 0 Å². The molecule has 0 amide bonds. The summed E-state index contributed by atoms with van der Waals surface area (Å²) in [6.45, 7) is 21.4. The summed E-state index contributed by atoms with van der Waals surface area (Å²) in [4.78, 5) is 0. The highest BCUT2D eigenvalue weighted by molar-refractivity contribution is 5.06. The molecule has 0 rings (SSSR count). The minimum atomic E-state index is 0.0201. The molecule has 0 aliphatic heterocycles. The van der Waals surface area contributed by atoms with Crippen LogP contribution in [0.15, 0.2) is 23.4 Å². The van der Waals surface area contributed by atoms with Crippen LogP contribution in [0.5, 0.6) is 0 Å². The van der Waals surface area contributed by atoms with Gasteiger partial charge in [-0.3, -0.25) is 0 Å². The zero-order valence-electron chi connectivity index (χ0n) is 19.2. The second-order valence-electron chi connectivity index (χ2n) is 7.75. The lowest BCUT2D eigenvalue weighted by Crippen LogP contribution is -2.17. The van der Waals surface area contributed by atoms with Gasteiger partial charge in [0, 0.05) is 11.8 Å². The van der Waals surface area contributed by atoms with Crippen molar-refractivity contribution in [3.8, 4) is 0 Å². The summed E-state index contributed by atoms with van der Waals surface area (Å²) in [5.74, 6) is 2.31. The van der Waals surface area contributed by atoms with Crippen LogP contribution in [0, 0.1) is 11.8 Å². The summed E-state index contributed by atoms with van der Waals surface area (Å²) in [5.41, 5.74) is 0. The van der Waals surface area contributed by atoms with Crippen molar-refractivity contribution in [2.24, 2.45) is 11.8 Å². The van der Waals surface area contributed by atoms with Gasteiger partial charge in [0.2, 0.25) is 0 Å². The van der Waals surface area contributed by atoms with Crippen molar-refractivity contribution in [2.75, 3.05) is 13.2 Å². The monoisotopic (exact) mass is 386 g/mol. The maximum Gasteiger partial charge on any atom is 0.327 e. The number of rotatable bonds is 14. The quantitative estimate of drug-likeness (QED) is 0.325. The number of hydrogen-bond donors (Lipinski definition) is 0. The van der Waals surface area contributed by atoms with Crippen LogP contribution in [0.4, 0.5) is 0 Å². The number of hydrogen-bond acceptors (Lipinski definition) is 5. The summed E-state index contributed by atoms with van der Waals surface area (Å²) < 4.78 is 30.0. The fraction of sp³-hybridized carbons (Fsp3) is 0.818. The van der Waals surface area contributed by atoms with E-state index in [4.69, 9.17) is 23.7 Å². The zero-order chi connectivity index (χ0) is 21.0. The second-order valence-corrected chi connectivity index (χ2v) is 7.75. The molecule has 0 aromatic rings. The van der Waals surface area contributed by atoms with Crippen molar-refractivity contribution in [1.82, 2.24) is 0 Å². The summed E-state index contributed by atoms with van der Waals surface area (Å²) in [5, 5.41) is 0. The maximum absolute atomic E-state index is 6.17. The van der Waals surface area contributed by atoms with E-state index in [2.05, 4.69) is 41.5 Å². The average Bonchev–Trinajstić information content (AvgIpc) is 2.57. The van der Waals surface area contributed by atoms with E-state index in [-0.39, 0.29) is 24.0 Å². The van der Waals surface area contributed by atoms with Gasteiger partial charge in [-0.15, -0.1) is 0 Å². The molecular weight excluding hydrogens is 344 g/mol. The Labute approximate surface area is 167 Å². The molecule has 0 saturated heterocycles. The molecule has 0 saturated carbocycles. The Bertz CT molecular complexity index is 419. The molecule has 0 aromatic carbocycles. The van der Waals surface area contributed by atoms with Crippen molar-refractivity contribution >= 4 is 0 Å². The van der Waals surface area contributed by atoms with E-state index in [9.17, 15) is 0 Å². The molecule has 0 radical (unpaired) electrons. The molecule has 0 aliphatic carbocycles. The van der Waals surface area contributed by atoms with Crippen LogP contribution in [-0.4, -0.2) is 25.4 Å². The van der Waals surface area contributed by atoms with Gasteiger partial charge in [0.15, 0.2) is 11.5 Å². The average molecular weight is 387 g/mol. The Hall–Kier alpha value is -1.52. The molecule has 160 valence electrons. The SMILES string of the molecule is CCCOC(OC(OCCC)=C(OC(C)C)C(C)C)=C(OC(C)C)C(C)C. The molecule has 5 heteroatoms. The van der Waals surface area contributed by atoms with E-state index in [1.807, 2.05) is 27.7 Å². The van der Waals surface area contributed by atoms with Gasteiger partial charge in [-0.2, -0.15) is 0 Å². The minimum Gasteiger partial charge on any atom is -0.488 e. The number of allylic oxidation sites excluding steroid dienone is 2. The molecule has 0 N–H and O–H groups in total. The lowest BCUT2D eigenvalue weighted by Gasteiger charge is -2.24. The van der Waals surface area contributed by atoms with Crippen LogP contribution < -0.4 is 0 Å². The van der Waals surface area contributed by atoms with Gasteiger partial charge >= 0.3 is 11.9 Å². The summed E-state index contributed by atoms with van der Waals surface area (Å²) in [6.07, 6.45) is 1.78. The maximum atomic E-state index is 6.17. The van der Waals surface area contributed by atoms with Crippen LogP contribution in [0.1, 0.15) is 82.1 Å². The van der Waals surface area contributed by atoms with E-state index in [0.29, 0.717) is 36.6 Å². The predicted molar refractivity (Wildman–Crippen MR) is 110 cm³/mol. The highest BCUT2D eigenvalue weighted by Crippen LogP contribution is 2.27. The van der Waals surface area contributed by atoms with Crippen molar-refractivity contribution in [3.05, 3.63) is 23.4 Å². The van der Waals surface area contributed by atoms with Crippen LogP contribution >= 0.6 is 0 Å². The molecule has 27 heavy (non-hydrogen) atoms. The molecule has 0 heterocycles. The molecule has 0 spiro atoms. The fourth-order valence-electron chi connectivity index (χ4n) is 2.12. The zero-order valence-corrected chi connectivity index (χ0v) is 19.2. The van der Waals surface area contributed by atoms with Crippen LogP contribution in [0.25, 0.3) is 0 Å². The smallest absolute Gasteiger partial charge is 0.327 e. The third kappa shape index (κ3) is 10.4. The lowest BCUT2D eigenvalue weighted by atomic mass is 10.1. The second kappa shape index (κ2) is 13.6. The molecule has 0 atom stereocenters. The summed E-state index contributed by atoms with van der Waals surface area (Å²) >= 11 is 0. The Balaban J connectivity index is 6.08. The van der Waals surface area contributed by atoms with Crippen molar-refractivity contribution in [2.45, 2.75) is 94.3 Å². The molecule has 0 bridgehead atoms. The van der Waals surface area contributed by atoms with E-state index in [1.54, 1.807) is 0 Å². The molecule has 0 aromatic heterocycles. The third-order valence-electron chi connectivity index (χ3n) is 3.24. The fourth-order valence-corrected chi connectivity index (χ4v) is 2.12. The first-order chi connectivity index (χ1) is 12.6. The van der Waals surface area contributed by atoms with Gasteiger partial charge in [-0.05, 0) is 40.5 Å².